The summed E-state index contributed by atoms with van der Waals surface area (Å²) >= 11 is 3.67. The number of nitrogens with zero attached hydrogens (tertiary/aromatic N) is 2. The zero-order valence-corrected chi connectivity index (χ0v) is 39.5. The summed E-state index contributed by atoms with van der Waals surface area (Å²) in [5.41, 5.74) is 8.14. The number of fused-ring (bicyclic) bond motifs is 12. The molecule has 0 spiro atoms. The zero-order valence-electron chi connectivity index (χ0n) is 36.1. The van der Waals surface area contributed by atoms with Crippen LogP contribution in [0.5, 0.6) is 0 Å². The van der Waals surface area contributed by atoms with Crippen LogP contribution in [0.3, 0.4) is 0 Å². The highest BCUT2D eigenvalue weighted by Crippen LogP contribution is 2.61. The number of rotatable bonds is 4. The van der Waals surface area contributed by atoms with Gasteiger partial charge in [-0.3, -0.25) is 0 Å². The topological polar surface area (TPSA) is 44.0 Å². The Morgan fingerprint density at radius 3 is 1.12 bits per heavy atom. The van der Waals surface area contributed by atoms with E-state index in [1.54, 1.807) is 0 Å². The lowest BCUT2D eigenvalue weighted by atomic mass is 10.1. The maximum absolute atomic E-state index is 16.4. The zero-order chi connectivity index (χ0) is 44.6. The van der Waals surface area contributed by atoms with Crippen LogP contribution in [-0.2, 0) is 9.13 Å². The van der Waals surface area contributed by atoms with Crippen LogP contribution in [0.25, 0.3) is 106 Å². The average Bonchev–Trinajstić information content (AvgIpc) is 4.22. The first-order valence-corrected chi connectivity index (χ1v) is 27.9. The summed E-state index contributed by atoms with van der Waals surface area (Å²) in [6.45, 7) is 0. The van der Waals surface area contributed by atoms with Gasteiger partial charge in [0.15, 0.2) is 14.3 Å². The molecule has 318 valence electrons. The molecular formula is C60H34N2O2P2S2. The molecule has 2 aliphatic heterocycles. The van der Waals surface area contributed by atoms with Gasteiger partial charge in [-0.15, -0.1) is 22.7 Å². The molecule has 4 nitrogen and oxygen atoms in total. The van der Waals surface area contributed by atoms with E-state index in [0.717, 1.165) is 76.4 Å². The van der Waals surface area contributed by atoms with E-state index in [2.05, 4.69) is 167 Å². The molecule has 0 saturated carbocycles. The predicted octanol–water partition coefficient (Wildman–Crippen LogP) is 14.2. The molecule has 16 rings (SSSR count). The normalized spacial score (nSPS) is 14.5. The van der Waals surface area contributed by atoms with Gasteiger partial charge in [-0.05, 0) is 72.8 Å². The minimum Gasteiger partial charge on any atom is -0.309 e. The monoisotopic (exact) mass is 940 g/mol. The molecule has 0 radical (unpaired) electrons. The van der Waals surface area contributed by atoms with Crippen LogP contribution in [0.2, 0.25) is 0 Å². The number of para-hydroxylation sites is 2. The van der Waals surface area contributed by atoms with Crippen molar-refractivity contribution in [1.29, 1.82) is 0 Å². The van der Waals surface area contributed by atoms with Crippen molar-refractivity contribution in [2.45, 2.75) is 0 Å². The summed E-state index contributed by atoms with van der Waals surface area (Å²) < 4.78 is 42.6. The second-order valence-corrected chi connectivity index (χ2v) is 25.8. The fraction of sp³-hybridized carbons (Fsp3) is 0. The second-order valence-electron chi connectivity index (χ2n) is 18.2. The predicted molar refractivity (Wildman–Crippen MR) is 292 cm³/mol. The molecular weight excluding hydrogens is 907 g/mol. The highest BCUT2D eigenvalue weighted by atomic mass is 32.1. The van der Waals surface area contributed by atoms with Gasteiger partial charge in [-0.2, -0.15) is 0 Å². The second kappa shape index (κ2) is 13.2. The van der Waals surface area contributed by atoms with Crippen LogP contribution in [0.15, 0.2) is 206 Å². The summed E-state index contributed by atoms with van der Waals surface area (Å²) in [5.74, 6) is 0. The molecule has 10 aromatic carbocycles. The standard InChI is InChI=1S/C60H34N2O2P2S2/c63-65(37-15-9-13-35(29-37)61-47-21-5-1-17-39(47)43-33-57-45(31-49(43)61)41-19-3-7-27-55(41)67-57)51-23-11-25-53-59(51)60-52(65)24-12-26-54(60)66(53,64)38-16-10-14-36(30-38)62-48-22-6-2-18-40(48)44-34-58-46(32-50(44)62)42-20-4-8-28-56(42)68-58/h1-34H. The highest BCUT2D eigenvalue weighted by Gasteiger charge is 2.51. The molecule has 0 fully saturated rings. The van der Waals surface area contributed by atoms with Gasteiger partial charge in [0.2, 0.25) is 0 Å². The van der Waals surface area contributed by atoms with E-state index in [-0.39, 0.29) is 0 Å². The van der Waals surface area contributed by atoms with Crippen LogP contribution < -0.4 is 31.8 Å². The van der Waals surface area contributed by atoms with Crippen LogP contribution in [-0.4, -0.2) is 9.13 Å². The lowest BCUT2D eigenvalue weighted by Gasteiger charge is -2.22. The Morgan fingerprint density at radius 1 is 0.294 bits per heavy atom. The van der Waals surface area contributed by atoms with Gasteiger partial charge in [-0.1, -0.05) is 133 Å². The number of hydrogen-bond acceptors (Lipinski definition) is 4. The molecule has 8 heteroatoms. The van der Waals surface area contributed by atoms with Crippen molar-refractivity contribution >= 4 is 153 Å². The van der Waals surface area contributed by atoms with Crippen molar-refractivity contribution in [3.8, 4) is 22.5 Å². The smallest absolute Gasteiger partial charge is 0.172 e. The van der Waals surface area contributed by atoms with Crippen LogP contribution in [0.4, 0.5) is 0 Å². The van der Waals surface area contributed by atoms with E-state index < -0.39 is 14.3 Å². The number of aromatic nitrogens is 2. The molecule has 0 N–H and O–H groups in total. The number of benzene rings is 10. The van der Waals surface area contributed by atoms with E-state index >= 15 is 9.13 Å². The first-order valence-electron chi connectivity index (χ1n) is 22.9. The van der Waals surface area contributed by atoms with E-state index in [0.29, 0.717) is 0 Å². The minimum atomic E-state index is -3.42. The summed E-state index contributed by atoms with van der Waals surface area (Å²) in [5, 5.41) is 14.4. The molecule has 0 bridgehead atoms. The Bertz CT molecular complexity index is 4370. The summed E-state index contributed by atoms with van der Waals surface area (Å²) in [6, 6.07) is 72.6. The maximum atomic E-state index is 16.4. The van der Waals surface area contributed by atoms with Crippen molar-refractivity contribution in [3.05, 3.63) is 206 Å². The van der Waals surface area contributed by atoms with Crippen LogP contribution in [0, 0.1) is 0 Å². The quantitative estimate of drug-likeness (QED) is 0.165. The molecule has 2 aliphatic rings. The van der Waals surface area contributed by atoms with Gasteiger partial charge in [-0.25, -0.2) is 0 Å². The SMILES string of the molecule is O=P1(c2cccc(-n3c4ccccc4c4cc5sc6ccccc6c5cc43)c2)c2cccc3c2-c2c1cccc2P3(=O)c1cccc(-n2c3ccccc3c3cc4sc5ccccc5c4cc32)c1. The Hall–Kier alpha value is -7.30. The molecule has 0 amide bonds. The molecule has 0 saturated heterocycles. The third kappa shape index (κ3) is 4.66. The van der Waals surface area contributed by atoms with Crippen molar-refractivity contribution in [2.24, 2.45) is 0 Å². The largest absolute Gasteiger partial charge is 0.309 e. The van der Waals surface area contributed by atoms with Crippen molar-refractivity contribution in [1.82, 2.24) is 9.13 Å². The summed E-state index contributed by atoms with van der Waals surface area (Å²) in [4.78, 5) is 0. The Kier molecular flexibility index (Phi) is 7.34. The van der Waals surface area contributed by atoms with Gasteiger partial charge in [0.05, 0.1) is 22.1 Å². The molecule has 4 aromatic heterocycles. The fourth-order valence-electron chi connectivity index (χ4n) is 12.0. The van der Waals surface area contributed by atoms with Crippen molar-refractivity contribution in [2.75, 3.05) is 0 Å². The van der Waals surface area contributed by atoms with Crippen molar-refractivity contribution < 1.29 is 9.13 Å². The summed E-state index contributed by atoms with van der Waals surface area (Å²) in [6.07, 6.45) is 0. The molecule has 0 aliphatic carbocycles. The lowest BCUT2D eigenvalue weighted by molar-refractivity contribution is 0.592. The lowest BCUT2D eigenvalue weighted by Crippen LogP contribution is -2.28. The van der Waals surface area contributed by atoms with Gasteiger partial charge in [0.25, 0.3) is 0 Å². The number of thiophene rings is 2. The van der Waals surface area contributed by atoms with Gasteiger partial charge >= 0.3 is 0 Å². The maximum Gasteiger partial charge on any atom is 0.172 e. The van der Waals surface area contributed by atoms with E-state index in [4.69, 9.17) is 0 Å². The molecule has 0 unspecified atom stereocenters. The number of hydrogen-bond donors (Lipinski definition) is 0. The fourth-order valence-corrected chi connectivity index (χ4v) is 20.7. The molecule has 6 heterocycles. The highest BCUT2D eigenvalue weighted by molar-refractivity contribution is 7.89. The summed E-state index contributed by atoms with van der Waals surface area (Å²) in [7, 11) is -6.84. The first kappa shape index (κ1) is 37.8. The van der Waals surface area contributed by atoms with Gasteiger partial charge in [0, 0.05) is 116 Å². The minimum absolute atomic E-state index is 0.770. The third-order valence-electron chi connectivity index (χ3n) is 14.9. The first-order chi connectivity index (χ1) is 33.5. The Balaban J connectivity index is 0.868. The van der Waals surface area contributed by atoms with E-state index in [1.807, 2.05) is 71.2 Å². The van der Waals surface area contributed by atoms with Gasteiger partial charge < -0.3 is 18.3 Å². The van der Waals surface area contributed by atoms with Crippen molar-refractivity contribution in [3.63, 3.8) is 0 Å². The Morgan fingerprint density at radius 2 is 0.676 bits per heavy atom. The van der Waals surface area contributed by atoms with E-state index in [1.165, 1.54) is 61.9 Å². The van der Waals surface area contributed by atoms with E-state index in [9.17, 15) is 0 Å². The molecule has 0 atom stereocenters. The van der Waals surface area contributed by atoms with Gasteiger partial charge in [0.1, 0.15) is 0 Å². The van der Waals surface area contributed by atoms with Crippen LogP contribution in [0.1, 0.15) is 0 Å². The third-order valence-corrected chi connectivity index (χ3v) is 23.4. The average molecular weight is 941 g/mol. The Labute approximate surface area is 397 Å². The molecule has 14 aromatic rings. The molecule has 68 heavy (non-hydrogen) atoms. The van der Waals surface area contributed by atoms with Crippen LogP contribution >= 0.6 is 37.0 Å².